The minimum Gasteiger partial charge on any atom is -0.508 e. The summed E-state index contributed by atoms with van der Waals surface area (Å²) in [5.74, 6) is 0.312. The number of rotatable bonds is 3. The molecule has 2 nitrogen and oxygen atoms in total. The lowest BCUT2D eigenvalue weighted by Crippen LogP contribution is -2.76. The van der Waals surface area contributed by atoms with Gasteiger partial charge in [-0.15, -0.1) is 0 Å². The molecule has 2 heteroatoms. The third-order valence-corrected chi connectivity index (χ3v) is 2.59. The van der Waals surface area contributed by atoms with Crippen LogP contribution in [0.5, 0.6) is 5.75 Å². The Morgan fingerprint density at radius 1 is 0.938 bits per heavy atom. The molecular formula is C14H16NO+. The number of aryl methyl sites for hydroxylation is 1. The topological polar surface area (TPSA) is 36.8 Å². The molecule has 0 radical (unpaired) electrons. The Hall–Kier alpha value is -1.80. The zero-order valence-corrected chi connectivity index (χ0v) is 9.35. The Labute approximate surface area is 95.6 Å². The van der Waals surface area contributed by atoms with Gasteiger partial charge in [-0.2, -0.15) is 0 Å². The van der Waals surface area contributed by atoms with Gasteiger partial charge in [0.25, 0.3) is 0 Å². The number of nitrogens with two attached hydrogens (primary N) is 1. The van der Waals surface area contributed by atoms with Gasteiger partial charge in [-0.25, -0.2) is 0 Å². The van der Waals surface area contributed by atoms with Crippen molar-refractivity contribution >= 4 is 5.69 Å². The minimum absolute atomic E-state index is 0.312. The number of hydrogen-bond donors (Lipinski definition) is 2. The lowest BCUT2D eigenvalue weighted by Gasteiger charge is -2.02. The van der Waals surface area contributed by atoms with Crippen LogP contribution in [0.15, 0.2) is 48.5 Å². The first-order valence-electron chi connectivity index (χ1n) is 5.42. The molecule has 3 N–H and O–H groups in total. The molecule has 0 aromatic heterocycles. The van der Waals surface area contributed by atoms with Crippen molar-refractivity contribution in [1.29, 1.82) is 0 Å². The van der Waals surface area contributed by atoms with Crippen LogP contribution in [0.1, 0.15) is 11.1 Å². The van der Waals surface area contributed by atoms with Crippen LogP contribution >= 0.6 is 0 Å². The van der Waals surface area contributed by atoms with E-state index in [1.54, 1.807) is 12.1 Å². The molecule has 0 bridgehead atoms. The van der Waals surface area contributed by atoms with E-state index in [1.807, 2.05) is 12.1 Å². The molecular weight excluding hydrogens is 198 g/mol. The minimum atomic E-state index is 0.312. The maximum atomic E-state index is 9.16. The van der Waals surface area contributed by atoms with Crippen LogP contribution in [0.3, 0.4) is 0 Å². The van der Waals surface area contributed by atoms with Gasteiger partial charge in [-0.1, -0.05) is 29.8 Å². The predicted molar refractivity (Wildman–Crippen MR) is 64.6 cm³/mol. The molecule has 0 aliphatic carbocycles. The zero-order chi connectivity index (χ0) is 11.4. The highest BCUT2D eigenvalue weighted by atomic mass is 16.3. The first-order valence-corrected chi connectivity index (χ1v) is 5.42. The largest absolute Gasteiger partial charge is 0.508 e. The van der Waals surface area contributed by atoms with Crippen LogP contribution in [0.4, 0.5) is 5.69 Å². The van der Waals surface area contributed by atoms with Crippen LogP contribution in [-0.4, -0.2) is 5.11 Å². The molecule has 82 valence electrons. The second kappa shape index (κ2) is 4.81. The normalized spacial score (nSPS) is 10.3. The summed E-state index contributed by atoms with van der Waals surface area (Å²) in [4.78, 5) is 0. The molecule has 0 heterocycles. The van der Waals surface area contributed by atoms with Crippen LogP contribution in [0.25, 0.3) is 0 Å². The van der Waals surface area contributed by atoms with Crippen molar-refractivity contribution in [2.45, 2.75) is 13.5 Å². The maximum absolute atomic E-state index is 9.16. The molecule has 0 saturated carbocycles. The Morgan fingerprint density at radius 2 is 1.56 bits per heavy atom. The van der Waals surface area contributed by atoms with Crippen molar-refractivity contribution < 1.29 is 10.4 Å². The summed E-state index contributed by atoms with van der Waals surface area (Å²) in [6.07, 6.45) is 0. The van der Waals surface area contributed by atoms with Gasteiger partial charge < -0.3 is 10.4 Å². The number of hydrogen-bond acceptors (Lipinski definition) is 1. The van der Waals surface area contributed by atoms with Gasteiger partial charge >= 0.3 is 0 Å². The van der Waals surface area contributed by atoms with Crippen molar-refractivity contribution in [3.63, 3.8) is 0 Å². The second-order valence-electron chi connectivity index (χ2n) is 3.99. The highest BCUT2D eigenvalue weighted by molar-refractivity contribution is 5.34. The fourth-order valence-electron chi connectivity index (χ4n) is 1.57. The van der Waals surface area contributed by atoms with Gasteiger partial charge in [0.05, 0.1) is 0 Å². The standard InChI is InChI=1S/C14H15NO/c1-11-2-4-12(5-3-11)10-15-13-6-8-14(16)9-7-13/h2-9,15-16H,10H2,1H3/p+1. The van der Waals surface area contributed by atoms with Gasteiger partial charge in [0.15, 0.2) is 0 Å². The van der Waals surface area contributed by atoms with E-state index in [0.717, 1.165) is 12.2 Å². The van der Waals surface area contributed by atoms with E-state index in [4.69, 9.17) is 5.11 Å². The summed E-state index contributed by atoms with van der Waals surface area (Å²) in [6.45, 7) is 3.01. The van der Waals surface area contributed by atoms with E-state index in [9.17, 15) is 0 Å². The second-order valence-corrected chi connectivity index (χ2v) is 3.99. The predicted octanol–water partition coefficient (Wildman–Crippen LogP) is 2.10. The molecule has 0 spiro atoms. The van der Waals surface area contributed by atoms with Gasteiger partial charge in [0.1, 0.15) is 18.0 Å². The van der Waals surface area contributed by atoms with Crippen LogP contribution in [0.2, 0.25) is 0 Å². The summed E-state index contributed by atoms with van der Waals surface area (Å²) in [5, 5.41) is 11.3. The molecule has 0 aliphatic heterocycles. The van der Waals surface area contributed by atoms with Gasteiger partial charge in [0.2, 0.25) is 0 Å². The van der Waals surface area contributed by atoms with Crippen molar-refractivity contribution in [1.82, 2.24) is 0 Å². The highest BCUT2D eigenvalue weighted by Crippen LogP contribution is 2.09. The molecule has 0 unspecified atom stereocenters. The zero-order valence-electron chi connectivity index (χ0n) is 9.35. The average molecular weight is 214 g/mol. The first-order chi connectivity index (χ1) is 7.74. The number of quaternary nitrogens is 1. The van der Waals surface area contributed by atoms with Crippen molar-refractivity contribution in [3.05, 3.63) is 59.7 Å². The van der Waals surface area contributed by atoms with E-state index in [2.05, 4.69) is 36.5 Å². The van der Waals surface area contributed by atoms with Gasteiger partial charge in [-0.3, -0.25) is 0 Å². The lowest BCUT2D eigenvalue weighted by molar-refractivity contribution is -0.588. The third-order valence-electron chi connectivity index (χ3n) is 2.59. The fraction of sp³-hybridized carbons (Fsp3) is 0.143. The van der Waals surface area contributed by atoms with Crippen molar-refractivity contribution in [3.8, 4) is 5.75 Å². The molecule has 0 fully saturated rings. The average Bonchev–Trinajstić information content (AvgIpc) is 2.30. The van der Waals surface area contributed by atoms with Crippen molar-refractivity contribution in [2.24, 2.45) is 0 Å². The Morgan fingerprint density at radius 3 is 2.19 bits per heavy atom. The van der Waals surface area contributed by atoms with E-state index >= 15 is 0 Å². The van der Waals surface area contributed by atoms with E-state index in [1.165, 1.54) is 11.1 Å². The van der Waals surface area contributed by atoms with Crippen LogP contribution < -0.4 is 5.32 Å². The molecule has 0 atom stereocenters. The summed E-state index contributed by atoms with van der Waals surface area (Å²) in [6, 6.07) is 15.8. The van der Waals surface area contributed by atoms with Gasteiger partial charge in [-0.05, 0) is 19.1 Å². The summed E-state index contributed by atoms with van der Waals surface area (Å²) < 4.78 is 0. The SMILES string of the molecule is Cc1ccc(C[NH2+]c2ccc(O)cc2)cc1. The Bertz CT molecular complexity index is 400. The van der Waals surface area contributed by atoms with E-state index in [0.29, 0.717) is 5.75 Å². The molecule has 2 aromatic rings. The molecule has 0 saturated heterocycles. The third kappa shape index (κ3) is 2.84. The fourth-order valence-corrected chi connectivity index (χ4v) is 1.57. The Balaban J connectivity index is 1.97. The first kappa shape index (κ1) is 10.7. The summed E-state index contributed by atoms with van der Waals surface area (Å²) in [5.41, 5.74) is 3.73. The monoisotopic (exact) mass is 214 g/mol. The molecule has 2 aromatic carbocycles. The van der Waals surface area contributed by atoms with Crippen LogP contribution in [0, 0.1) is 6.92 Å². The Kier molecular flexibility index (Phi) is 3.22. The number of phenols is 1. The maximum Gasteiger partial charge on any atom is 0.130 e. The summed E-state index contributed by atoms with van der Waals surface area (Å²) in [7, 11) is 0. The van der Waals surface area contributed by atoms with E-state index < -0.39 is 0 Å². The molecule has 2 rings (SSSR count). The smallest absolute Gasteiger partial charge is 0.130 e. The molecule has 16 heavy (non-hydrogen) atoms. The molecule has 0 aliphatic rings. The number of benzene rings is 2. The van der Waals surface area contributed by atoms with Crippen molar-refractivity contribution in [2.75, 3.05) is 0 Å². The van der Waals surface area contributed by atoms with Gasteiger partial charge in [0, 0.05) is 17.7 Å². The summed E-state index contributed by atoms with van der Waals surface area (Å²) >= 11 is 0. The van der Waals surface area contributed by atoms with Crippen LogP contribution in [-0.2, 0) is 6.54 Å². The quantitative estimate of drug-likeness (QED) is 0.596. The number of phenolic OH excluding ortho intramolecular Hbond substituents is 1. The molecule has 0 amide bonds. The highest BCUT2D eigenvalue weighted by Gasteiger charge is 1.98. The van der Waals surface area contributed by atoms with E-state index in [-0.39, 0.29) is 0 Å². The number of aromatic hydroxyl groups is 1. The lowest BCUT2D eigenvalue weighted by atomic mass is 10.1.